The predicted octanol–water partition coefficient (Wildman–Crippen LogP) is 4.26. The maximum absolute atomic E-state index is 12.3. The number of benzene rings is 2. The van der Waals surface area contributed by atoms with Crippen LogP contribution >= 0.6 is 11.6 Å². The molecule has 28 heavy (non-hydrogen) atoms. The van der Waals surface area contributed by atoms with Crippen molar-refractivity contribution in [2.24, 2.45) is 0 Å². The van der Waals surface area contributed by atoms with Crippen molar-refractivity contribution >= 4 is 23.3 Å². The summed E-state index contributed by atoms with van der Waals surface area (Å²) < 4.78 is 5.67. The van der Waals surface area contributed by atoms with Crippen LogP contribution in [0.2, 0.25) is 5.02 Å². The van der Waals surface area contributed by atoms with Crippen LogP contribution in [0.15, 0.2) is 54.6 Å². The maximum atomic E-state index is 12.3. The van der Waals surface area contributed by atoms with Crippen molar-refractivity contribution in [1.29, 1.82) is 0 Å². The quantitative estimate of drug-likeness (QED) is 0.606. The Balaban J connectivity index is 1.47. The number of halogens is 1. The van der Waals surface area contributed by atoms with E-state index in [4.69, 9.17) is 16.3 Å². The summed E-state index contributed by atoms with van der Waals surface area (Å²) in [6.07, 6.45) is 0.957. The van der Waals surface area contributed by atoms with Crippen LogP contribution in [0.25, 0.3) is 0 Å². The van der Waals surface area contributed by atoms with Gasteiger partial charge in [0.05, 0.1) is 0 Å². The largest absolute Gasteiger partial charge is 0.469 e. The van der Waals surface area contributed by atoms with Crippen LogP contribution in [0.1, 0.15) is 27.2 Å². The van der Waals surface area contributed by atoms with Gasteiger partial charge >= 0.3 is 0 Å². The third kappa shape index (κ3) is 4.15. The molecule has 0 saturated carbocycles. The van der Waals surface area contributed by atoms with Crippen LogP contribution in [0, 0.1) is 6.92 Å². The number of carbonyl (C=O) groups excluding carboxylic acids is 1. The molecular weight excluding hydrogens is 374 g/mol. The number of carbonyl (C=O) groups is 1. The summed E-state index contributed by atoms with van der Waals surface area (Å²) in [6, 6.07) is 16.9. The van der Waals surface area contributed by atoms with E-state index in [1.807, 2.05) is 6.92 Å². The van der Waals surface area contributed by atoms with Crippen molar-refractivity contribution < 1.29 is 9.53 Å². The van der Waals surface area contributed by atoms with Crippen LogP contribution in [0.3, 0.4) is 0 Å². The van der Waals surface area contributed by atoms with E-state index in [-0.39, 0.29) is 12.4 Å². The average Bonchev–Trinajstić information content (AvgIpc) is 2.72. The van der Waals surface area contributed by atoms with Crippen molar-refractivity contribution in [3.63, 3.8) is 0 Å². The Bertz CT molecular complexity index is 1000. The first-order chi connectivity index (χ1) is 13.6. The first-order valence-electron chi connectivity index (χ1n) is 9.17. The van der Waals surface area contributed by atoms with Crippen molar-refractivity contribution in [3.05, 3.63) is 82.0 Å². The molecule has 4 rings (SSSR count). The number of fused-ring (bicyclic) bond motifs is 1. The molecule has 1 aliphatic rings. The van der Waals surface area contributed by atoms with E-state index < -0.39 is 0 Å². The van der Waals surface area contributed by atoms with Crippen molar-refractivity contribution in [2.45, 2.75) is 19.9 Å². The highest BCUT2D eigenvalue weighted by Crippen LogP contribution is 2.24. The Hall–Kier alpha value is -2.92. The van der Waals surface area contributed by atoms with Crippen LogP contribution in [0.4, 0.5) is 5.95 Å². The van der Waals surface area contributed by atoms with Crippen molar-refractivity contribution in [3.8, 4) is 5.88 Å². The lowest BCUT2D eigenvalue weighted by molar-refractivity contribution is 0.0918. The van der Waals surface area contributed by atoms with E-state index in [0.29, 0.717) is 22.4 Å². The number of hydrogen-bond donors (Lipinski definition) is 0. The molecule has 0 N–H and O–H groups in total. The van der Waals surface area contributed by atoms with Crippen LogP contribution in [0.5, 0.6) is 5.88 Å². The fourth-order valence-electron chi connectivity index (χ4n) is 3.26. The number of aryl methyl sites for hydroxylation is 1. The summed E-state index contributed by atoms with van der Waals surface area (Å²) in [6.45, 7) is 3.43. The number of ketones is 1. The number of hydrogen-bond acceptors (Lipinski definition) is 5. The molecule has 3 aromatic rings. The van der Waals surface area contributed by atoms with Gasteiger partial charge in [-0.1, -0.05) is 35.9 Å². The van der Waals surface area contributed by atoms with Gasteiger partial charge in [0.25, 0.3) is 0 Å². The van der Waals surface area contributed by atoms with E-state index in [2.05, 4.69) is 39.1 Å². The fourth-order valence-corrected chi connectivity index (χ4v) is 3.39. The molecule has 0 bridgehead atoms. The number of anilines is 1. The molecule has 0 unspecified atom stereocenters. The number of ether oxygens (including phenoxy) is 1. The monoisotopic (exact) mass is 393 g/mol. The van der Waals surface area contributed by atoms with Gasteiger partial charge in [-0.05, 0) is 48.7 Å². The van der Waals surface area contributed by atoms with E-state index >= 15 is 0 Å². The molecule has 6 heteroatoms. The lowest BCUT2D eigenvalue weighted by Crippen LogP contribution is -2.32. The Morgan fingerprint density at radius 2 is 1.86 bits per heavy atom. The molecule has 142 valence electrons. The second-order valence-corrected chi connectivity index (χ2v) is 7.24. The molecule has 5 nitrogen and oxygen atoms in total. The third-order valence-electron chi connectivity index (χ3n) is 4.75. The summed E-state index contributed by atoms with van der Waals surface area (Å²) in [5.74, 6) is 0.911. The molecule has 1 aliphatic heterocycles. The standard InChI is InChI=1S/C22H20ClN3O2/c1-15-12-21(28-14-20(27)17-6-8-19(23)9-7-17)25-22(24-15)26-11-10-16-4-2-3-5-18(16)13-26/h2-9,12H,10-11,13-14H2,1H3. The predicted molar refractivity (Wildman–Crippen MR) is 109 cm³/mol. The summed E-state index contributed by atoms with van der Waals surface area (Å²) in [4.78, 5) is 23.5. The Morgan fingerprint density at radius 3 is 2.64 bits per heavy atom. The van der Waals surface area contributed by atoms with E-state index in [0.717, 1.165) is 25.2 Å². The summed E-state index contributed by atoms with van der Waals surface area (Å²) in [5.41, 5.74) is 4.02. The Morgan fingerprint density at radius 1 is 1.11 bits per heavy atom. The van der Waals surface area contributed by atoms with E-state index in [1.54, 1.807) is 30.3 Å². The second kappa shape index (κ2) is 7.98. The highest BCUT2D eigenvalue weighted by Gasteiger charge is 2.19. The zero-order chi connectivity index (χ0) is 19.5. The Kier molecular flexibility index (Phi) is 5.26. The van der Waals surface area contributed by atoms with Gasteiger partial charge in [0.1, 0.15) is 0 Å². The van der Waals surface area contributed by atoms with Crippen LogP contribution in [-0.2, 0) is 13.0 Å². The van der Waals surface area contributed by atoms with Crippen molar-refractivity contribution in [2.75, 3.05) is 18.1 Å². The van der Waals surface area contributed by atoms with Gasteiger partial charge in [0, 0.05) is 35.4 Å². The minimum Gasteiger partial charge on any atom is -0.469 e. The molecule has 0 radical (unpaired) electrons. The summed E-state index contributed by atoms with van der Waals surface area (Å²) in [7, 11) is 0. The molecular formula is C22H20ClN3O2. The maximum Gasteiger partial charge on any atom is 0.229 e. The van der Waals surface area contributed by atoms with Crippen LogP contribution in [-0.4, -0.2) is 28.9 Å². The first-order valence-corrected chi connectivity index (χ1v) is 9.55. The average molecular weight is 394 g/mol. The van der Waals surface area contributed by atoms with Gasteiger partial charge in [-0.15, -0.1) is 0 Å². The summed E-state index contributed by atoms with van der Waals surface area (Å²) >= 11 is 5.87. The molecule has 2 aromatic carbocycles. The fraction of sp³-hybridized carbons (Fsp3) is 0.227. The van der Waals surface area contributed by atoms with Gasteiger partial charge in [-0.3, -0.25) is 4.79 Å². The number of Topliss-reactive ketones (excluding diaryl/α,β-unsaturated/α-hetero) is 1. The highest BCUT2D eigenvalue weighted by molar-refractivity contribution is 6.30. The lowest BCUT2D eigenvalue weighted by atomic mass is 10.0. The highest BCUT2D eigenvalue weighted by atomic mass is 35.5. The van der Waals surface area contributed by atoms with Gasteiger partial charge in [-0.2, -0.15) is 4.98 Å². The molecule has 0 atom stereocenters. The number of aromatic nitrogens is 2. The summed E-state index contributed by atoms with van der Waals surface area (Å²) in [5, 5.41) is 0.594. The number of nitrogens with zero attached hydrogens (tertiary/aromatic N) is 3. The third-order valence-corrected chi connectivity index (χ3v) is 5.00. The first kappa shape index (κ1) is 18.4. The van der Waals surface area contributed by atoms with Gasteiger partial charge < -0.3 is 9.64 Å². The molecule has 0 aliphatic carbocycles. The molecule has 1 aromatic heterocycles. The van der Waals surface area contributed by atoms with Gasteiger partial charge in [0.2, 0.25) is 11.8 Å². The van der Waals surface area contributed by atoms with Gasteiger partial charge in [0.15, 0.2) is 12.4 Å². The van der Waals surface area contributed by atoms with Gasteiger partial charge in [-0.25, -0.2) is 4.98 Å². The number of rotatable bonds is 5. The minimum atomic E-state index is -0.124. The van der Waals surface area contributed by atoms with E-state index in [9.17, 15) is 4.79 Å². The SMILES string of the molecule is Cc1cc(OCC(=O)c2ccc(Cl)cc2)nc(N2CCc3ccccc3C2)n1. The second-order valence-electron chi connectivity index (χ2n) is 6.81. The van der Waals surface area contributed by atoms with Crippen molar-refractivity contribution in [1.82, 2.24) is 9.97 Å². The van der Waals surface area contributed by atoms with Crippen LogP contribution < -0.4 is 9.64 Å². The lowest BCUT2D eigenvalue weighted by Gasteiger charge is -2.29. The molecule has 0 saturated heterocycles. The zero-order valence-corrected chi connectivity index (χ0v) is 16.3. The topological polar surface area (TPSA) is 55.3 Å². The Labute approximate surface area is 169 Å². The normalized spacial score (nSPS) is 13.1. The molecule has 0 spiro atoms. The smallest absolute Gasteiger partial charge is 0.229 e. The minimum absolute atomic E-state index is 0.0830. The van der Waals surface area contributed by atoms with E-state index in [1.165, 1.54) is 11.1 Å². The zero-order valence-electron chi connectivity index (χ0n) is 15.6. The molecule has 0 fully saturated rings. The molecule has 2 heterocycles. The molecule has 0 amide bonds.